The Hall–Kier alpha value is -1.36. The van der Waals surface area contributed by atoms with Gasteiger partial charge in [-0.05, 0) is 33.7 Å². The van der Waals surface area contributed by atoms with Crippen LogP contribution in [0.5, 0.6) is 0 Å². The Morgan fingerprint density at radius 3 is 2.72 bits per heavy atom. The first-order valence-electron chi connectivity index (χ1n) is 6.40. The maximum atomic E-state index is 11.1. The number of carboxylic acid groups (broad SMARTS) is 1. The van der Waals surface area contributed by atoms with Gasteiger partial charge in [0.05, 0.1) is 11.6 Å². The van der Waals surface area contributed by atoms with E-state index in [-0.39, 0.29) is 18.0 Å². The number of likely N-dealkylation sites (tertiary alicyclic amines) is 1. The van der Waals surface area contributed by atoms with Crippen molar-refractivity contribution in [3.8, 4) is 0 Å². The van der Waals surface area contributed by atoms with E-state index in [1.807, 2.05) is 31.8 Å². The monoisotopic (exact) mass is 251 g/mol. The van der Waals surface area contributed by atoms with Crippen LogP contribution >= 0.6 is 0 Å². The average Bonchev–Trinajstić information content (AvgIpc) is 2.81. The Labute approximate surface area is 107 Å². The molecule has 0 aromatic carbocycles. The number of aryl methyl sites for hydroxylation is 2. The highest BCUT2D eigenvalue weighted by atomic mass is 16.4. The average molecular weight is 251 g/mol. The summed E-state index contributed by atoms with van der Waals surface area (Å²) in [5.41, 5.74) is 2.21. The quantitative estimate of drug-likeness (QED) is 0.886. The second-order valence-electron chi connectivity index (χ2n) is 5.23. The van der Waals surface area contributed by atoms with Gasteiger partial charge < -0.3 is 5.11 Å². The fraction of sp³-hybridized carbons (Fsp3) is 0.692. The summed E-state index contributed by atoms with van der Waals surface area (Å²) in [5, 5.41) is 13.5. The van der Waals surface area contributed by atoms with E-state index in [2.05, 4.69) is 16.9 Å². The first-order chi connectivity index (χ1) is 8.41. The number of nitrogens with zero attached hydrogens (tertiary/aromatic N) is 3. The number of hydrogen-bond donors (Lipinski definition) is 1. The zero-order chi connectivity index (χ0) is 13.4. The third-order valence-corrected chi connectivity index (χ3v) is 4.12. The van der Waals surface area contributed by atoms with E-state index < -0.39 is 5.97 Å². The number of rotatable bonds is 3. The minimum absolute atomic E-state index is 0.0807. The van der Waals surface area contributed by atoms with Crippen molar-refractivity contribution in [2.24, 2.45) is 13.0 Å². The number of aliphatic carboxylic acids is 1. The van der Waals surface area contributed by atoms with E-state index in [9.17, 15) is 4.79 Å². The minimum atomic E-state index is -0.680. The fourth-order valence-electron chi connectivity index (χ4n) is 3.05. The number of carboxylic acids is 1. The van der Waals surface area contributed by atoms with Crippen LogP contribution in [0.3, 0.4) is 0 Å². The Kier molecular flexibility index (Phi) is 3.43. The van der Waals surface area contributed by atoms with Gasteiger partial charge in [-0.1, -0.05) is 0 Å². The number of carbonyl (C=O) groups is 1. The summed E-state index contributed by atoms with van der Waals surface area (Å²) >= 11 is 0. The van der Waals surface area contributed by atoms with E-state index in [1.54, 1.807) is 0 Å². The summed E-state index contributed by atoms with van der Waals surface area (Å²) in [6, 6.07) is 0.301. The highest BCUT2D eigenvalue weighted by molar-refractivity contribution is 5.71. The number of aromatic nitrogens is 2. The molecule has 18 heavy (non-hydrogen) atoms. The third-order valence-electron chi connectivity index (χ3n) is 4.12. The van der Waals surface area contributed by atoms with Gasteiger partial charge in [-0.2, -0.15) is 5.10 Å². The molecule has 1 aromatic heterocycles. The molecule has 0 spiro atoms. The highest BCUT2D eigenvalue weighted by Gasteiger charge is 2.38. The first kappa shape index (κ1) is 13.1. The minimum Gasteiger partial charge on any atom is -0.481 e. The lowest BCUT2D eigenvalue weighted by molar-refractivity contribution is -0.142. The summed E-state index contributed by atoms with van der Waals surface area (Å²) in [6.07, 6.45) is 2.76. The van der Waals surface area contributed by atoms with Crippen LogP contribution in [0.1, 0.15) is 37.6 Å². The predicted octanol–water partition coefficient (Wildman–Crippen LogP) is 1.58. The van der Waals surface area contributed by atoms with E-state index in [0.29, 0.717) is 0 Å². The molecule has 5 heteroatoms. The van der Waals surface area contributed by atoms with Crippen LogP contribution in [-0.4, -0.2) is 38.3 Å². The molecule has 100 valence electrons. The van der Waals surface area contributed by atoms with Gasteiger partial charge in [-0.3, -0.25) is 14.4 Å². The molecule has 3 unspecified atom stereocenters. The number of hydrogen-bond acceptors (Lipinski definition) is 3. The molecule has 2 rings (SSSR count). The zero-order valence-electron chi connectivity index (χ0n) is 11.4. The van der Waals surface area contributed by atoms with E-state index in [0.717, 1.165) is 18.7 Å². The van der Waals surface area contributed by atoms with Gasteiger partial charge >= 0.3 is 5.97 Å². The van der Waals surface area contributed by atoms with Crippen molar-refractivity contribution in [1.82, 2.24) is 14.7 Å². The molecule has 1 N–H and O–H groups in total. The molecule has 0 aliphatic carbocycles. The lowest BCUT2D eigenvalue weighted by Crippen LogP contribution is -2.35. The molecular formula is C13H21N3O2. The maximum Gasteiger partial charge on any atom is 0.308 e. The molecular weight excluding hydrogens is 230 g/mol. The second-order valence-corrected chi connectivity index (χ2v) is 5.23. The predicted molar refractivity (Wildman–Crippen MR) is 68.3 cm³/mol. The Morgan fingerprint density at radius 2 is 2.28 bits per heavy atom. The first-order valence-corrected chi connectivity index (χ1v) is 6.40. The Morgan fingerprint density at radius 1 is 1.61 bits per heavy atom. The van der Waals surface area contributed by atoms with Crippen molar-refractivity contribution in [2.45, 2.75) is 39.3 Å². The van der Waals surface area contributed by atoms with Crippen molar-refractivity contribution in [2.75, 3.05) is 6.54 Å². The van der Waals surface area contributed by atoms with Crippen LogP contribution in [0.15, 0.2) is 6.20 Å². The van der Waals surface area contributed by atoms with Gasteiger partial charge in [0, 0.05) is 30.9 Å². The molecule has 0 bridgehead atoms. The van der Waals surface area contributed by atoms with E-state index in [1.165, 1.54) is 5.56 Å². The Balaban J connectivity index is 2.18. The van der Waals surface area contributed by atoms with Gasteiger partial charge in [0.2, 0.25) is 0 Å². The molecule has 0 amide bonds. The van der Waals surface area contributed by atoms with Crippen molar-refractivity contribution >= 4 is 5.97 Å². The van der Waals surface area contributed by atoms with Crippen LogP contribution in [0.4, 0.5) is 0 Å². The maximum absolute atomic E-state index is 11.1. The molecule has 1 aliphatic heterocycles. The van der Waals surface area contributed by atoms with Crippen LogP contribution in [-0.2, 0) is 11.8 Å². The van der Waals surface area contributed by atoms with Crippen molar-refractivity contribution in [3.05, 3.63) is 17.5 Å². The topological polar surface area (TPSA) is 58.4 Å². The lowest BCUT2D eigenvalue weighted by atomic mass is 10.0. The largest absolute Gasteiger partial charge is 0.481 e. The lowest BCUT2D eigenvalue weighted by Gasteiger charge is -2.29. The second kappa shape index (κ2) is 4.72. The highest BCUT2D eigenvalue weighted by Crippen LogP contribution is 2.33. The van der Waals surface area contributed by atoms with Gasteiger partial charge in [0.15, 0.2) is 0 Å². The molecule has 3 atom stereocenters. The molecule has 2 heterocycles. The van der Waals surface area contributed by atoms with Gasteiger partial charge in [0.1, 0.15) is 0 Å². The smallest absolute Gasteiger partial charge is 0.308 e. The molecule has 1 aromatic rings. The van der Waals surface area contributed by atoms with Crippen molar-refractivity contribution in [1.29, 1.82) is 0 Å². The van der Waals surface area contributed by atoms with Gasteiger partial charge in [0.25, 0.3) is 0 Å². The summed E-state index contributed by atoms with van der Waals surface area (Å²) in [4.78, 5) is 13.4. The summed E-state index contributed by atoms with van der Waals surface area (Å²) in [5.74, 6) is -0.926. The fourth-order valence-corrected chi connectivity index (χ4v) is 3.05. The normalized spacial score (nSPS) is 26.4. The summed E-state index contributed by atoms with van der Waals surface area (Å²) in [7, 11) is 1.91. The van der Waals surface area contributed by atoms with Gasteiger partial charge in [-0.15, -0.1) is 0 Å². The third kappa shape index (κ3) is 2.14. The van der Waals surface area contributed by atoms with Crippen molar-refractivity contribution < 1.29 is 9.90 Å². The SMILES string of the molecule is Cc1nn(C)cc1C(C)N1CCC(C(=O)O)C1C. The summed E-state index contributed by atoms with van der Waals surface area (Å²) < 4.78 is 1.82. The van der Waals surface area contributed by atoms with Crippen LogP contribution in [0.25, 0.3) is 0 Å². The molecule has 1 fully saturated rings. The van der Waals surface area contributed by atoms with E-state index in [4.69, 9.17) is 5.11 Å². The molecule has 1 saturated heterocycles. The van der Waals surface area contributed by atoms with Crippen molar-refractivity contribution in [3.63, 3.8) is 0 Å². The van der Waals surface area contributed by atoms with Crippen LogP contribution in [0, 0.1) is 12.8 Å². The Bertz CT molecular complexity index is 455. The van der Waals surface area contributed by atoms with Crippen LogP contribution < -0.4 is 0 Å². The molecule has 0 radical (unpaired) electrons. The molecule has 0 saturated carbocycles. The van der Waals surface area contributed by atoms with Gasteiger partial charge in [-0.25, -0.2) is 0 Å². The van der Waals surface area contributed by atoms with Crippen LogP contribution in [0.2, 0.25) is 0 Å². The summed E-state index contributed by atoms with van der Waals surface area (Å²) in [6.45, 7) is 6.98. The standard InChI is InChI=1S/C13H21N3O2/c1-8-12(7-15(4)14-8)10(3)16-6-5-11(9(16)2)13(17)18/h7,9-11H,5-6H2,1-4H3,(H,17,18). The molecule has 1 aliphatic rings. The molecule has 5 nitrogen and oxygen atoms in total. The van der Waals surface area contributed by atoms with E-state index >= 15 is 0 Å². The zero-order valence-corrected chi connectivity index (χ0v) is 11.4.